The smallest absolute Gasteiger partial charge is 0.135 e. The van der Waals surface area contributed by atoms with Gasteiger partial charge >= 0.3 is 0 Å². The maximum absolute atomic E-state index is 7.05. The van der Waals surface area contributed by atoms with E-state index in [1.54, 1.807) is 0 Å². The van der Waals surface area contributed by atoms with Gasteiger partial charge in [-0.1, -0.05) is 220 Å². The van der Waals surface area contributed by atoms with Crippen LogP contribution in [-0.4, -0.2) is 9.55 Å². The predicted molar refractivity (Wildman–Crippen MR) is 330 cm³/mol. The molecule has 0 saturated carbocycles. The second-order valence-corrected chi connectivity index (χ2v) is 24.3. The molecule has 6 heteroatoms. The van der Waals surface area contributed by atoms with Crippen LogP contribution >= 0.6 is 0 Å². The third-order valence-corrected chi connectivity index (χ3v) is 16.2. The first-order chi connectivity index (χ1) is 37.9. The van der Waals surface area contributed by atoms with Crippen molar-refractivity contribution in [3.63, 3.8) is 0 Å². The molecule has 0 unspecified atom stereocenters. The van der Waals surface area contributed by atoms with Crippen LogP contribution in [0.5, 0.6) is 11.5 Å². The topological polar surface area (TPSA) is 33.5 Å². The number of anilines is 4. The molecular formula is C74H67N4OPt-3. The first-order valence-electron chi connectivity index (χ1n) is 27.6. The van der Waals surface area contributed by atoms with E-state index in [0.29, 0.717) is 11.5 Å². The van der Waals surface area contributed by atoms with E-state index in [2.05, 4.69) is 309 Å². The van der Waals surface area contributed by atoms with Gasteiger partial charge in [0.25, 0.3) is 0 Å². The van der Waals surface area contributed by atoms with Gasteiger partial charge in [0, 0.05) is 72.2 Å². The average molecular weight is 1220 g/mol. The third kappa shape index (κ3) is 10.2. The van der Waals surface area contributed by atoms with Crippen molar-refractivity contribution < 1.29 is 25.8 Å². The zero-order chi connectivity index (χ0) is 54.8. The Morgan fingerprint density at radius 3 is 1.66 bits per heavy atom. The number of ether oxygens (including phenoxy) is 1. The monoisotopic (exact) mass is 1220 g/mol. The summed E-state index contributed by atoms with van der Waals surface area (Å²) in [6.45, 7) is 25.0. The number of hydrogen-bond acceptors (Lipinski definition) is 4. The average Bonchev–Trinajstić information content (AvgIpc) is 3.84. The normalized spacial score (nSPS) is 12.9. The minimum atomic E-state index is -0.298. The van der Waals surface area contributed by atoms with E-state index in [4.69, 9.17) is 9.72 Å². The van der Waals surface area contributed by atoms with E-state index in [1.807, 2.05) is 12.3 Å². The summed E-state index contributed by atoms with van der Waals surface area (Å²) >= 11 is 0. The molecule has 9 aromatic carbocycles. The maximum atomic E-state index is 7.05. The van der Waals surface area contributed by atoms with Crippen LogP contribution in [0.25, 0.3) is 49.9 Å². The second-order valence-electron chi connectivity index (χ2n) is 24.3. The van der Waals surface area contributed by atoms with Crippen LogP contribution in [-0.2, 0) is 42.7 Å². The summed E-state index contributed by atoms with van der Waals surface area (Å²) in [7, 11) is 0. The number of fused-ring (bicyclic) bond motifs is 4. The molecule has 80 heavy (non-hydrogen) atoms. The summed E-state index contributed by atoms with van der Waals surface area (Å²) < 4.78 is 9.29. The SMILES string of the molecule is CC(C)(C)c1cc(Oc2[c-]c3c(cc2)c2cc(-c4ccccc4)ccc2n3-c2cc(C(C)(C)C)ccn2)[c-]c(N2[CH-]N(c3cc(-c4ccccc4)cc(C(C)(C)c4ccccc4)c3)c3cc(C(C)(C)c4ccccc4)ccc32)c1.[Pt]. The fourth-order valence-corrected chi connectivity index (χ4v) is 11.2. The molecule has 5 nitrogen and oxygen atoms in total. The van der Waals surface area contributed by atoms with Gasteiger partial charge in [-0.25, -0.2) is 4.98 Å². The molecule has 0 saturated heterocycles. The molecule has 402 valence electrons. The van der Waals surface area contributed by atoms with Crippen molar-refractivity contribution in [2.24, 2.45) is 0 Å². The molecule has 0 N–H and O–H groups in total. The van der Waals surface area contributed by atoms with Crippen molar-refractivity contribution in [1.29, 1.82) is 0 Å². The van der Waals surface area contributed by atoms with Crippen LogP contribution in [0, 0.1) is 18.8 Å². The Bertz CT molecular complexity index is 4040. The van der Waals surface area contributed by atoms with E-state index >= 15 is 0 Å². The van der Waals surface area contributed by atoms with Gasteiger partial charge in [-0.15, -0.1) is 53.6 Å². The molecule has 0 radical (unpaired) electrons. The van der Waals surface area contributed by atoms with E-state index in [1.165, 1.54) is 38.9 Å². The molecule has 1 aliphatic heterocycles. The zero-order valence-electron chi connectivity index (χ0n) is 47.4. The molecule has 3 heterocycles. The summed E-state index contributed by atoms with van der Waals surface area (Å²) in [4.78, 5) is 9.66. The standard InChI is InChI=1S/C74H67N4O.Pt/c1-71(2,3)56-37-38-75-70(46-56)78-66-35-31-52(50-23-15-11-16-24-50)41-65(66)64-34-33-62(48-68(64)78)79-63-44-58(72(4,5)6)42-61(47-63)76-49-77(69-45-57(32-36-67(69)76)73(7,8)54-27-19-13-20-28-54)60-40-53(51-25-17-12-18-26-51)39-59(43-60)74(9,10)55-29-21-14-22-30-55;/h11-46,49H,1-10H3;/q-3;. The van der Waals surface area contributed by atoms with Gasteiger partial charge in [-0.3, -0.25) is 0 Å². The first-order valence-corrected chi connectivity index (χ1v) is 27.6. The summed E-state index contributed by atoms with van der Waals surface area (Å²) in [6.07, 6.45) is 1.92. The van der Waals surface area contributed by atoms with Gasteiger partial charge in [0.2, 0.25) is 0 Å². The van der Waals surface area contributed by atoms with Crippen LogP contribution in [0.15, 0.2) is 219 Å². The number of aromatic nitrogens is 2. The number of benzene rings is 9. The van der Waals surface area contributed by atoms with E-state index in [-0.39, 0.29) is 42.7 Å². The number of hydrogen-bond donors (Lipinski definition) is 0. The minimum Gasteiger partial charge on any atom is -0.509 e. The van der Waals surface area contributed by atoms with E-state index in [9.17, 15) is 0 Å². The number of nitrogens with zero attached hydrogens (tertiary/aromatic N) is 4. The molecule has 12 rings (SSSR count). The Morgan fingerprint density at radius 1 is 0.412 bits per heavy atom. The molecule has 0 bridgehead atoms. The molecule has 0 fully saturated rings. The molecule has 0 amide bonds. The Labute approximate surface area is 487 Å². The molecule has 0 aliphatic carbocycles. The van der Waals surface area contributed by atoms with Crippen molar-refractivity contribution in [3.8, 4) is 39.6 Å². The van der Waals surface area contributed by atoms with Gasteiger partial charge in [0.1, 0.15) is 5.82 Å². The Kier molecular flexibility index (Phi) is 14.1. The molecule has 0 spiro atoms. The Hall–Kier alpha value is -7.98. The second kappa shape index (κ2) is 20.9. The minimum absolute atomic E-state index is 0. The molecular weight excluding hydrogens is 1160 g/mol. The van der Waals surface area contributed by atoms with Crippen LogP contribution in [0.3, 0.4) is 0 Å². The fourth-order valence-electron chi connectivity index (χ4n) is 11.2. The largest absolute Gasteiger partial charge is 0.509 e. The summed E-state index contributed by atoms with van der Waals surface area (Å²) in [5, 5.41) is 2.19. The van der Waals surface area contributed by atoms with E-state index in [0.717, 1.165) is 67.1 Å². The molecule has 11 aromatic rings. The van der Waals surface area contributed by atoms with Crippen LogP contribution < -0.4 is 14.5 Å². The zero-order valence-corrected chi connectivity index (χ0v) is 49.6. The quantitative estimate of drug-likeness (QED) is 0.121. The van der Waals surface area contributed by atoms with Crippen molar-refractivity contribution in [3.05, 3.63) is 271 Å². The Balaban J connectivity index is 0.00000675. The van der Waals surface area contributed by atoms with Crippen molar-refractivity contribution >= 4 is 44.6 Å². The van der Waals surface area contributed by atoms with Gasteiger partial charge in [-0.2, -0.15) is 6.07 Å². The molecule has 0 atom stereocenters. The Morgan fingerprint density at radius 2 is 1.02 bits per heavy atom. The number of pyridine rings is 1. The van der Waals surface area contributed by atoms with Gasteiger partial charge in [-0.05, 0) is 109 Å². The van der Waals surface area contributed by atoms with Crippen LogP contribution in [0.1, 0.15) is 103 Å². The van der Waals surface area contributed by atoms with Gasteiger partial charge < -0.3 is 19.1 Å². The van der Waals surface area contributed by atoms with E-state index < -0.39 is 0 Å². The third-order valence-electron chi connectivity index (χ3n) is 16.2. The number of rotatable bonds is 11. The van der Waals surface area contributed by atoms with Crippen molar-refractivity contribution in [1.82, 2.24) is 9.55 Å². The van der Waals surface area contributed by atoms with Gasteiger partial charge in [0.05, 0.1) is 0 Å². The summed E-state index contributed by atoms with van der Waals surface area (Å²) in [5.41, 5.74) is 17.1. The predicted octanol–water partition coefficient (Wildman–Crippen LogP) is 19.6. The first kappa shape index (κ1) is 54.0. The molecule has 2 aromatic heterocycles. The van der Waals surface area contributed by atoms with Crippen molar-refractivity contribution in [2.75, 3.05) is 9.80 Å². The van der Waals surface area contributed by atoms with Crippen LogP contribution in [0.4, 0.5) is 22.7 Å². The van der Waals surface area contributed by atoms with Crippen molar-refractivity contribution in [2.45, 2.75) is 90.9 Å². The fraction of sp³-hybridized carbons (Fsp3) is 0.189. The summed E-state index contributed by atoms with van der Waals surface area (Å²) in [6, 6.07) is 84.3. The van der Waals surface area contributed by atoms with Gasteiger partial charge in [0.15, 0.2) is 0 Å². The molecule has 1 aliphatic rings. The maximum Gasteiger partial charge on any atom is 0.135 e. The summed E-state index contributed by atoms with van der Waals surface area (Å²) in [5.74, 6) is 2.03. The van der Waals surface area contributed by atoms with Crippen LogP contribution in [0.2, 0.25) is 0 Å².